The molecule has 1 atom stereocenters. The van der Waals surface area contributed by atoms with Gasteiger partial charge in [0.25, 0.3) is 0 Å². The molecule has 0 saturated heterocycles. The molecule has 0 radical (unpaired) electrons. The molecular formula is C15H24N2O2. The first kappa shape index (κ1) is 15.5. The first-order chi connectivity index (χ1) is 9.02. The summed E-state index contributed by atoms with van der Waals surface area (Å²) in [7, 11) is 1.64. The highest BCUT2D eigenvalue weighted by Crippen LogP contribution is 2.18. The van der Waals surface area contributed by atoms with E-state index in [1.807, 2.05) is 31.2 Å². The molecule has 0 aliphatic carbocycles. The molecule has 0 heterocycles. The average Bonchev–Trinajstić information content (AvgIpc) is 2.38. The SMILES string of the molecule is COc1cccc(C(C)NC(=O)CCNC(C)C)c1. The second-order valence-corrected chi connectivity index (χ2v) is 4.92. The Labute approximate surface area is 115 Å². The lowest BCUT2D eigenvalue weighted by Gasteiger charge is -2.15. The normalized spacial score (nSPS) is 12.3. The van der Waals surface area contributed by atoms with E-state index in [1.165, 1.54) is 0 Å². The van der Waals surface area contributed by atoms with Crippen LogP contribution in [0.3, 0.4) is 0 Å². The van der Waals surface area contributed by atoms with Crippen LogP contribution in [-0.2, 0) is 4.79 Å². The van der Waals surface area contributed by atoms with Gasteiger partial charge in [0.15, 0.2) is 0 Å². The van der Waals surface area contributed by atoms with Crippen molar-refractivity contribution >= 4 is 5.91 Å². The van der Waals surface area contributed by atoms with Crippen molar-refractivity contribution in [2.24, 2.45) is 0 Å². The van der Waals surface area contributed by atoms with E-state index in [0.717, 1.165) is 11.3 Å². The van der Waals surface area contributed by atoms with Gasteiger partial charge < -0.3 is 15.4 Å². The van der Waals surface area contributed by atoms with Crippen molar-refractivity contribution in [1.82, 2.24) is 10.6 Å². The Morgan fingerprint density at radius 3 is 2.68 bits per heavy atom. The van der Waals surface area contributed by atoms with Gasteiger partial charge >= 0.3 is 0 Å². The van der Waals surface area contributed by atoms with Gasteiger partial charge in [0, 0.05) is 19.0 Å². The average molecular weight is 264 g/mol. The fraction of sp³-hybridized carbons (Fsp3) is 0.533. The highest BCUT2D eigenvalue weighted by molar-refractivity contribution is 5.76. The smallest absolute Gasteiger partial charge is 0.221 e. The van der Waals surface area contributed by atoms with E-state index in [2.05, 4.69) is 24.5 Å². The second-order valence-electron chi connectivity index (χ2n) is 4.92. The van der Waals surface area contributed by atoms with E-state index in [0.29, 0.717) is 19.0 Å². The largest absolute Gasteiger partial charge is 0.497 e. The van der Waals surface area contributed by atoms with Gasteiger partial charge in [-0.05, 0) is 24.6 Å². The topological polar surface area (TPSA) is 50.4 Å². The quantitative estimate of drug-likeness (QED) is 0.794. The standard InChI is InChI=1S/C15H24N2O2/c1-11(2)16-9-8-15(18)17-12(3)13-6-5-7-14(10-13)19-4/h5-7,10-12,16H,8-9H2,1-4H3,(H,17,18). The summed E-state index contributed by atoms with van der Waals surface area (Å²) in [5.74, 6) is 0.864. The molecule has 0 spiro atoms. The van der Waals surface area contributed by atoms with Gasteiger partial charge in [0.1, 0.15) is 5.75 Å². The fourth-order valence-electron chi connectivity index (χ4n) is 1.78. The molecule has 1 unspecified atom stereocenters. The molecule has 1 amide bonds. The number of hydrogen-bond acceptors (Lipinski definition) is 3. The van der Waals surface area contributed by atoms with E-state index in [1.54, 1.807) is 7.11 Å². The van der Waals surface area contributed by atoms with Crippen LogP contribution in [0.5, 0.6) is 5.75 Å². The van der Waals surface area contributed by atoms with Crippen molar-refractivity contribution in [3.05, 3.63) is 29.8 Å². The van der Waals surface area contributed by atoms with E-state index in [9.17, 15) is 4.79 Å². The number of hydrogen-bond donors (Lipinski definition) is 2. The van der Waals surface area contributed by atoms with Crippen LogP contribution in [0.25, 0.3) is 0 Å². The third kappa shape index (κ3) is 5.75. The third-order valence-corrected chi connectivity index (χ3v) is 2.88. The van der Waals surface area contributed by atoms with Gasteiger partial charge in [0.2, 0.25) is 5.91 Å². The summed E-state index contributed by atoms with van der Waals surface area (Å²) in [4.78, 5) is 11.8. The summed E-state index contributed by atoms with van der Waals surface area (Å²) in [6, 6.07) is 8.14. The van der Waals surface area contributed by atoms with Crippen molar-refractivity contribution in [2.75, 3.05) is 13.7 Å². The maximum absolute atomic E-state index is 11.8. The van der Waals surface area contributed by atoms with Gasteiger partial charge in [-0.15, -0.1) is 0 Å². The lowest BCUT2D eigenvalue weighted by atomic mass is 10.1. The molecular weight excluding hydrogens is 240 g/mol. The lowest BCUT2D eigenvalue weighted by molar-refractivity contribution is -0.121. The predicted molar refractivity (Wildman–Crippen MR) is 77.3 cm³/mol. The maximum Gasteiger partial charge on any atom is 0.221 e. The molecule has 0 aliphatic heterocycles. The molecule has 1 aromatic carbocycles. The Bertz CT molecular complexity index is 405. The summed E-state index contributed by atoms with van der Waals surface area (Å²) < 4.78 is 5.18. The van der Waals surface area contributed by atoms with Crippen LogP contribution in [0.4, 0.5) is 0 Å². The molecule has 0 bridgehead atoms. The van der Waals surface area contributed by atoms with Crippen LogP contribution < -0.4 is 15.4 Å². The molecule has 4 heteroatoms. The maximum atomic E-state index is 11.8. The minimum Gasteiger partial charge on any atom is -0.497 e. The Kier molecular flexibility index (Phi) is 6.36. The van der Waals surface area contributed by atoms with Crippen molar-refractivity contribution in [1.29, 1.82) is 0 Å². The number of nitrogens with one attached hydrogen (secondary N) is 2. The molecule has 2 N–H and O–H groups in total. The number of carbonyl (C=O) groups is 1. The lowest BCUT2D eigenvalue weighted by Crippen LogP contribution is -2.31. The van der Waals surface area contributed by atoms with Crippen LogP contribution in [0.1, 0.15) is 38.8 Å². The minimum atomic E-state index is -0.0124. The highest BCUT2D eigenvalue weighted by Gasteiger charge is 2.10. The van der Waals surface area contributed by atoms with Crippen LogP contribution in [0.15, 0.2) is 24.3 Å². The fourth-order valence-corrected chi connectivity index (χ4v) is 1.78. The number of methoxy groups -OCH3 is 1. The van der Waals surface area contributed by atoms with Crippen molar-refractivity contribution in [3.8, 4) is 5.75 Å². The van der Waals surface area contributed by atoms with Gasteiger partial charge in [-0.1, -0.05) is 26.0 Å². The van der Waals surface area contributed by atoms with Gasteiger partial charge in [-0.25, -0.2) is 0 Å². The van der Waals surface area contributed by atoms with Crippen LogP contribution in [0, 0.1) is 0 Å². The zero-order valence-electron chi connectivity index (χ0n) is 12.2. The summed E-state index contributed by atoms with van der Waals surface area (Å²) in [5, 5.41) is 6.21. The summed E-state index contributed by atoms with van der Waals surface area (Å²) in [6.07, 6.45) is 0.493. The number of benzene rings is 1. The van der Waals surface area contributed by atoms with Crippen LogP contribution in [-0.4, -0.2) is 25.6 Å². The number of carbonyl (C=O) groups excluding carboxylic acids is 1. The first-order valence-electron chi connectivity index (χ1n) is 6.69. The van der Waals surface area contributed by atoms with Gasteiger partial charge in [-0.2, -0.15) is 0 Å². The molecule has 0 aliphatic rings. The van der Waals surface area contributed by atoms with Gasteiger partial charge in [0.05, 0.1) is 13.2 Å². The van der Waals surface area contributed by atoms with E-state index < -0.39 is 0 Å². The van der Waals surface area contributed by atoms with Crippen molar-refractivity contribution in [3.63, 3.8) is 0 Å². The first-order valence-corrected chi connectivity index (χ1v) is 6.69. The Hall–Kier alpha value is -1.55. The van der Waals surface area contributed by atoms with Gasteiger partial charge in [-0.3, -0.25) is 4.79 Å². The third-order valence-electron chi connectivity index (χ3n) is 2.88. The van der Waals surface area contributed by atoms with E-state index in [-0.39, 0.29) is 11.9 Å². The van der Waals surface area contributed by atoms with Crippen LogP contribution in [0.2, 0.25) is 0 Å². The zero-order chi connectivity index (χ0) is 14.3. The van der Waals surface area contributed by atoms with Crippen LogP contribution >= 0.6 is 0 Å². The molecule has 1 aromatic rings. The number of rotatable bonds is 7. The highest BCUT2D eigenvalue weighted by atomic mass is 16.5. The Balaban J connectivity index is 2.44. The molecule has 0 fully saturated rings. The number of ether oxygens (including phenoxy) is 1. The molecule has 0 saturated carbocycles. The van der Waals surface area contributed by atoms with Crippen molar-refractivity contribution in [2.45, 2.75) is 39.3 Å². The molecule has 0 aromatic heterocycles. The number of amides is 1. The summed E-state index contributed by atoms with van der Waals surface area (Å²) in [5.41, 5.74) is 1.05. The summed E-state index contributed by atoms with van der Waals surface area (Å²) in [6.45, 7) is 6.81. The second kappa shape index (κ2) is 7.79. The summed E-state index contributed by atoms with van der Waals surface area (Å²) >= 11 is 0. The molecule has 106 valence electrons. The molecule has 1 rings (SSSR count). The van der Waals surface area contributed by atoms with Crippen molar-refractivity contribution < 1.29 is 9.53 Å². The van der Waals surface area contributed by atoms with E-state index >= 15 is 0 Å². The predicted octanol–water partition coefficient (Wildman–Crippen LogP) is 2.26. The Morgan fingerprint density at radius 2 is 2.05 bits per heavy atom. The zero-order valence-corrected chi connectivity index (χ0v) is 12.2. The monoisotopic (exact) mass is 264 g/mol. The van der Waals surface area contributed by atoms with E-state index in [4.69, 9.17) is 4.74 Å². The molecule has 19 heavy (non-hydrogen) atoms. The Morgan fingerprint density at radius 1 is 1.32 bits per heavy atom. The molecule has 4 nitrogen and oxygen atoms in total. The minimum absolute atomic E-state index is 0.0124.